The molecule has 2 heterocycles. The molecule has 0 aliphatic carbocycles. The molecule has 0 radical (unpaired) electrons. The van der Waals surface area contributed by atoms with Crippen LogP contribution in [0.15, 0.2) is 46.9 Å². The molecule has 0 saturated carbocycles. The maximum atomic E-state index is 12.5. The topological polar surface area (TPSA) is 97.0 Å². The first-order chi connectivity index (χ1) is 16.4. The molecule has 2 aromatic rings. The number of carbonyl (C=O) groups is 3. The number of anilines is 2. The van der Waals surface area contributed by atoms with Gasteiger partial charge in [-0.05, 0) is 67.8 Å². The van der Waals surface area contributed by atoms with Gasteiger partial charge < -0.3 is 25.0 Å². The van der Waals surface area contributed by atoms with Gasteiger partial charge in [0.25, 0.3) is 5.91 Å². The summed E-state index contributed by atoms with van der Waals surface area (Å²) in [5.74, 6) is -0.329. The van der Waals surface area contributed by atoms with E-state index in [2.05, 4.69) is 26.6 Å². The minimum atomic E-state index is -0.379. The highest BCUT2D eigenvalue weighted by Crippen LogP contribution is 2.27. The smallest absolute Gasteiger partial charge is 0.262 e. The van der Waals surface area contributed by atoms with Crippen LogP contribution in [-0.4, -0.2) is 50.1 Å². The van der Waals surface area contributed by atoms with Crippen LogP contribution < -0.4 is 20.3 Å². The van der Waals surface area contributed by atoms with Gasteiger partial charge in [0, 0.05) is 42.0 Å². The number of nitrogens with one attached hydrogen (secondary N) is 2. The maximum absolute atomic E-state index is 12.5. The third-order valence-electron chi connectivity index (χ3n) is 5.98. The number of nitrogens with zero attached hydrogens (tertiary/aromatic N) is 1. The summed E-state index contributed by atoms with van der Waals surface area (Å²) in [7, 11) is 0. The molecule has 2 aliphatic heterocycles. The highest BCUT2D eigenvalue weighted by atomic mass is 79.9. The molecule has 2 aliphatic rings. The first kappa shape index (κ1) is 24.2. The van der Waals surface area contributed by atoms with Gasteiger partial charge in [0.05, 0.1) is 12.0 Å². The molecule has 0 spiro atoms. The average molecular weight is 530 g/mol. The van der Waals surface area contributed by atoms with Crippen molar-refractivity contribution in [1.82, 2.24) is 5.32 Å². The Labute approximate surface area is 207 Å². The summed E-state index contributed by atoms with van der Waals surface area (Å²) in [6.07, 6.45) is 2.23. The standard InChI is InChI=1S/C25H28BrN3O5/c1-16-11-18(4-9-22(16)26)28-23(30)15-34-20-7-5-19(6-8-20)29-14-17(12-24(29)31)25(32)27-13-21-3-2-10-33-21/h4-9,11,17,21H,2-3,10,12-15H2,1H3,(H,27,32)(H,28,30)/t17-,21+/m0/s1. The van der Waals surface area contributed by atoms with E-state index in [0.717, 1.165) is 29.5 Å². The van der Waals surface area contributed by atoms with Gasteiger partial charge in [-0.1, -0.05) is 15.9 Å². The van der Waals surface area contributed by atoms with E-state index in [1.165, 1.54) is 0 Å². The van der Waals surface area contributed by atoms with Crippen molar-refractivity contribution in [1.29, 1.82) is 0 Å². The highest BCUT2D eigenvalue weighted by molar-refractivity contribution is 9.10. The van der Waals surface area contributed by atoms with Gasteiger partial charge in [-0.3, -0.25) is 14.4 Å². The summed E-state index contributed by atoms with van der Waals surface area (Å²) >= 11 is 3.43. The van der Waals surface area contributed by atoms with Crippen molar-refractivity contribution in [2.24, 2.45) is 5.92 Å². The second kappa shape index (κ2) is 11.0. The van der Waals surface area contributed by atoms with E-state index < -0.39 is 0 Å². The van der Waals surface area contributed by atoms with E-state index in [9.17, 15) is 14.4 Å². The normalized spacial score (nSPS) is 19.8. The number of aryl methyl sites for hydroxylation is 1. The third kappa shape index (κ3) is 6.15. The highest BCUT2D eigenvalue weighted by Gasteiger charge is 2.35. The molecule has 34 heavy (non-hydrogen) atoms. The first-order valence-electron chi connectivity index (χ1n) is 11.4. The summed E-state index contributed by atoms with van der Waals surface area (Å²) in [6, 6.07) is 12.5. The zero-order valence-corrected chi connectivity index (χ0v) is 20.6. The van der Waals surface area contributed by atoms with E-state index >= 15 is 0 Å². The molecule has 4 rings (SSSR count). The van der Waals surface area contributed by atoms with Crippen LogP contribution in [0.3, 0.4) is 0 Å². The molecule has 180 valence electrons. The van der Waals surface area contributed by atoms with Gasteiger partial charge in [-0.15, -0.1) is 0 Å². The van der Waals surface area contributed by atoms with E-state index in [-0.39, 0.29) is 42.8 Å². The largest absolute Gasteiger partial charge is 0.484 e. The van der Waals surface area contributed by atoms with Crippen molar-refractivity contribution >= 4 is 45.0 Å². The lowest BCUT2D eigenvalue weighted by molar-refractivity contribution is -0.126. The second-order valence-electron chi connectivity index (χ2n) is 8.58. The number of amides is 3. The van der Waals surface area contributed by atoms with Crippen molar-refractivity contribution in [3.05, 3.63) is 52.5 Å². The Hall–Kier alpha value is -2.91. The number of halogens is 1. The van der Waals surface area contributed by atoms with Gasteiger partial charge in [0.2, 0.25) is 11.8 Å². The van der Waals surface area contributed by atoms with Crippen LogP contribution in [0.4, 0.5) is 11.4 Å². The number of carbonyl (C=O) groups excluding carboxylic acids is 3. The van der Waals surface area contributed by atoms with Crippen molar-refractivity contribution in [2.45, 2.75) is 32.3 Å². The van der Waals surface area contributed by atoms with E-state index in [4.69, 9.17) is 9.47 Å². The number of benzene rings is 2. The molecule has 8 nitrogen and oxygen atoms in total. The Morgan fingerprint density at radius 1 is 1.21 bits per heavy atom. The van der Waals surface area contributed by atoms with Crippen LogP contribution in [-0.2, 0) is 19.1 Å². The zero-order chi connectivity index (χ0) is 24.1. The zero-order valence-electron chi connectivity index (χ0n) is 19.0. The van der Waals surface area contributed by atoms with Crippen LogP contribution in [0.1, 0.15) is 24.8 Å². The Morgan fingerprint density at radius 2 is 2.00 bits per heavy atom. The minimum Gasteiger partial charge on any atom is -0.484 e. The third-order valence-corrected chi connectivity index (χ3v) is 6.87. The summed E-state index contributed by atoms with van der Waals surface area (Å²) in [5.41, 5.74) is 2.42. The molecule has 9 heteroatoms. The number of rotatable bonds is 8. The van der Waals surface area contributed by atoms with Crippen molar-refractivity contribution in [3.8, 4) is 5.75 Å². The van der Waals surface area contributed by atoms with Crippen molar-refractivity contribution in [3.63, 3.8) is 0 Å². The quantitative estimate of drug-likeness (QED) is 0.546. The fourth-order valence-electron chi connectivity index (χ4n) is 4.09. The van der Waals surface area contributed by atoms with Gasteiger partial charge in [0.15, 0.2) is 6.61 Å². The van der Waals surface area contributed by atoms with E-state index in [1.54, 1.807) is 29.2 Å². The Morgan fingerprint density at radius 3 is 2.71 bits per heavy atom. The number of hydrogen-bond acceptors (Lipinski definition) is 5. The van der Waals surface area contributed by atoms with Crippen molar-refractivity contribution < 1.29 is 23.9 Å². The molecular weight excluding hydrogens is 502 g/mol. The molecule has 0 aromatic heterocycles. The molecule has 2 saturated heterocycles. The molecule has 0 unspecified atom stereocenters. The minimum absolute atomic E-state index is 0.0748. The summed E-state index contributed by atoms with van der Waals surface area (Å²) in [6.45, 7) is 3.38. The Bertz CT molecular complexity index is 1050. The van der Waals surface area contributed by atoms with Crippen LogP contribution in [0.5, 0.6) is 5.75 Å². The number of ether oxygens (including phenoxy) is 2. The second-order valence-corrected chi connectivity index (χ2v) is 9.43. The van der Waals surface area contributed by atoms with Crippen LogP contribution in [0.25, 0.3) is 0 Å². The Balaban J connectivity index is 1.25. The van der Waals surface area contributed by atoms with E-state index in [1.807, 2.05) is 25.1 Å². The van der Waals surface area contributed by atoms with Crippen LogP contribution >= 0.6 is 15.9 Å². The molecule has 2 fully saturated rings. The fraction of sp³-hybridized carbons (Fsp3) is 0.400. The van der Waals surface area contributed by atoms with Gasteiger partial charge in [-0.25, -0.2) is 0 Å². The Kier molecular flexibility index (Phi) is 7.84. The molecule has 0 bridgehead atoms. The van der Waals surface area contributed by atoms with Crippen LogP contribution in [0.2, 0.25) is 0 Å². The van der Waals surface area contributed by atoms with Gasteiger partial charge >= 0.3 is 0 Å². The van der Waals surface area contributed by atoms with Gasteiger partial charge in [0.1, 0.15) is 5.75 Å². The molecular formula is C25H28BrN3O5. The summed E-state index contributed by atoms with van der Waals surface area (Å²) in [4.78, 5) is 38.8. The molecule has 3 amide bonds. The lowest BCUT2D eigenvalue weighted by Gasteiger charge is -2.18. The van der Waals surface area contributed by atoms with Crippen molar-refractivity contribution in [2.75, 3.05) is 36.5 Å². The first-order valence-corrected chi connectivity index (χ1v) is 12.2. The lowest BCUT2D eigenvalue weighted by atomic mass is 10.1. The SMILES string of the molecule is Cc1cc(NC(=O)COc2ccc(N3C[C@@H](C(=O)NC[C@H]4CCCO4)CC3=O)cc2)ccc1Br. The fourth-order valence-corrected chi connectivity index (χ4v) is 4.33. The van der Waals surface area contributed by atoms with Crippen LogP contribution in [0, 0.1) is 12.8 Å². The predicted octanol–water partition coefficient (Wildman–Crippen LogP) is 3.42. The monoisotopic (exact) mass is 529 g/mol. The predicted molar refractivity (Wildman–Crippen MR) is 132 cm³/mol. The van der Waals surface area contributed by atoms with Gasteiger partial charge in [-0.2, -0.15) is 0 Å². The number of hydrogen-bond donors (Lipinski definition) is 2. The average Bonchev–Trinajstić information content (AvgIpc) is 3.49. The molecule has 2 N–H and O–H groups in total. The van der Waals surface area contributed by atoms with E-state index in [0.29, 0.717) is 30.2 Å². The lowest BCUT2D eigenvalue weighted by Crippen LogP contribution is -2.37. The molecule has 2 aromatic carbocycles. The summed E-state index contributed by atoms with van der Waals surface area (Å²) < 4.78 is 12.1. The maximum Gasteiger partial charge on any atom is 0.262 e. The summed E-state index contributed by atoms with van der Waals surface area (Å²) in [5, 5.41) is 5.72. The molecule has 2 atom stereocenters.